The zero-order chi connectivity index (χ0) is 7.40. The Bertz CT molecular complexity index is 218. The fourth-order valence-electron chi connectivity index (χ4n) is 0.732. The van der Waals surface area contributed by atoms with Crippen LogP contribution in [0.5, 0.6) is 0 Å². The second-order valence-electron chi connectivity index (χ2n) is 2.02. The van der Waals surface area contributed by atoms with Gasteiger partial charge in [-0.25, -0.2) is 0 Å². The Balaban J connectivity index is 2.85. The third-order valence-electron chi connectivity index (χ3n) is 1.30. The summed E-state index contributed by atoms with van der Waals surface area (Å²) in [5.41, 5.74) is 0.699. The van der Waals surface area contributed by atoms with E-state index in [-0.39, 0.29) is 5.78 Å². The van der Waals surface area contributed by atoms with Crippen LogP contribution in [0.15, 0.2) is 24.5 Å². The number of carbonyl (C=O) groups is 1. The van der Waals surface area contributed by atoms with Crippen LogP contribution in [-0.4, -0.2) is 10.8 Å². The third kappa shape index (κ3) is 1.41. The van der Waals surface area contributed by atoms with Gasteiger partial charge < -0.3 is 0 Å². The molecule has 0 aliphatic rings. The monoisotopic (exact) mass is 134 g/mol. The Labute approximate surface area is 59.9 Å². The molecular weight excluding hydrogens is 125 g/mol. The van der Waals surface area contributed by atoms with Crippen LogP contribution in [0, 0.1) is 0 Å². The van der Waals surface area contributed by atoms with Crippen LogP contribution in [0.2, 0.25) is 0 Å². The van der Waals surface area contributed by atoms with Crippen molar-refractivity contribution >= 4 is 5.78 Å². The van der Waals surface area contributed by atoms with Gasteiger partial charge in [0.05, 0.1) is 0 Å². The topological polar surface area (TPSA) is 30.0 Å². The maximum Gasteiger partial charge on any atom is 0.164 e. The lowest BCUT2D eigenvalue weighted by atomic mass is 9.75. The van der Waals surface area contributed by atoms with Gasteiger partial charge in [-0.2, -0.15) is 0 Å². The van der Waals surface area contributed by atoms with Crippen LogP contribution < -0.4 is 0 Å². The number of carbonyl (C=O) groups excluding carboxylic acids is 1. The molecule has 1 heterocycles. The molecule has 0 aliphatic carbocycles. The third-order valence-corrected chi connectivity index (χ3v) is 1.30. The van der Waals surface area contributed by atoms with Crippen molar-refractivity contribution in [3.63, 3.8) is 0 Å². The zero-order valence-electron chi connectivity index (χ0n) is 5.87. The first-order chi connectivity index (χ1) is 4.84. The first kappa shape index (κ1) is 6.93. The quantitative estimate of drug-likeness (QED) is 0.576. The molecule has 1 aromatic rings. The van der Waals surface area contributed by atoms with Gasteiger partial charge >= 0.3 is 0 Å². The second-order valence-corrected chi connectivity index (χ2v) is 2.02. The summed E-state index contributed by atoms with van der Waals surface area (Å²) in [7, 11) is 0. The summed E-state index contributed by atoms with van der Waals surface area (Å²) in [5.74, 6) is 0.146. The number of rotatable bonds is 2. The zero-order valence-corrected chi connectivity index (χ0v) is 5.87. The van der Waals surface area contributed by atoms with Crippen molar-refractivity contribution in [3.05, 3.63) is 30.1 Å². The molecule has 0 saturated heterocycles. The highest BCUT2D eigenvalue weighted by Gasteiger charge is 1.99. The first-order valence-electron chi connectivity index (χ1n) is 3.28. The maximum absolute atomic E-state index is 11.0. The van der Waals surface area contributed by atoms with E-state index in [1.54, 1.807) is 24.5 Å². The van der Waals surface area contributed by atoms with Crippen LogP contribution >= 0.6 is 0 Å². The van der Waals surface area contributed by atoms with Gasteiger partial charge in [-0.1, -0.05) is 6.92 Å². The van der Waals surface area contributed by atoms with E-state index in [9.17, 15) is 4.79 Å². The van der Waals surface area contributed by atoms with Gasteiger partial charge in [0.25, 0.3) is 0 Å². The number of ketones is 1. The highest BCUT2D eigenvalue weighted by atomic mass is 16.1. The Kier molecular flexibility index (Phi) is 2.15. The molecule has 2 nitrogen and oxygen atoms in total. The van der Waals surface area contributed by atoms with E-state index in [1.807, 2.05) is 6.92 Å². The minimum Gasteiger partial charge on any atom is -0.294 e. The lowest BCUT2D eigenvalue weighted by Gasteiger charge is -1.92. The van der Waals surface area contributed by atoms with Crippen LogP contribution in [0.25, 0.3) is 0 Å². The summed E-state index contributed by atoms with van der Waals surface area (Å²) in [6.07, 6.45) is 3.80. The Morgan fingerprint density at radius 1 is 1.70 bits per heavy atom. The van der Waals surface area contributed by atoms with Gasteiger partial charge in [0.15, 0.2) is 5.78 Å². The summed E-state index contributed by atoms with van der Waals surface area (Å²) >= 11 is 0. The summed E-state index contributed by atoms with van der Waals surface area (Å²) < 4.78 is 0. The van der Waals surface area contributed by atoms with E-state index in [4.69, 9.17) is 0 Å². The fraction of sp³-hybridized carbons (Fsp3) is 0.250. The molecule has 0 unspecified atom stereocenters. The van der Waals surface area contributed by atoms with E-state index in [0.717, 1.165) is 0 Å². The molecule has 1 aromatic heterocycles. The molecule has 10 heavy (non-hydrogen) atoms. The Morgan fingerprint density at radius 2 is 2.50 bits per heavy atom. The van der Waals surface area contributed by atoms with Crippen molar-refractivity contribution in [2.24, 2.45) is 0 Å². The van der Waals surface area contributed by atoms with Crippen molar-refractivity contribution in [3.8, 4) is 0 Å². The molecule has 0 radical (unpaired) electrons. The second kappa shape index (κ2) is 3.11. The van der Waals surface area contributed by atoms with Gasteiger partial charge in [0.2, 0.25) is 0 Å². The molecule has 0 aromatic carbocycles. The van der Waals surface area contributed by atoms with Gasteiger partial charge in [0.1, 0.15) is 0 Å². The fourth-order valence-corrected chi connectivity index (χ4v) is 0.732. The van der Waals surface area contributed by atoms with Crippen LogP contribution in [-0.2, 0) is 0 Å². The standard InChI is InChI=1S/C8H9NO/c1-2-8(10)7-4-3-5-9-6-7/h3-6H,2H2,1H3/i8-1. The van der Waals surface area contributed by atoms with Crippen molar-refractivity contribution in [1.29, 1.82) is 0 Å². The smallest absolute Gasteiger partial charge is 0.164 e. The molecule has 0 N–H and O–H groups in total. The molecule has 0 aliphatic heterocycles. The number of hydrogen-bond donors (Lipinski definition) is 0. The molecule has 0 atom stereocenters. The van der Waals surface area contributed by atoms with Gasteiger partial charge in [-0.15, -0.1) is 0 Å². The predicted octanol–water partition coefficient (Wildman–Crippen LogP) is 1.67. The van der Waals surface area contributed by atoms with E-state index in [0.29, 0.717) is 12.0 Å². The largest absolute Gasteiger partial charge is 0.294 e. The average Bonchev–Trinajstić information content (AvgIpc) is 2.05. The Hall–Kier alpha value is -1.18. The van der Waals surface area contributed by atoms with Crippen LogP contribution in [0.3, 0.4) is 0 Å². The molecule has 0 saturated carbocycles. The van der Waals surface area contributed by atoms with Crippen molar-refractivity contribution < 1.29 is 4.79 Å². The minimum absolute atomic E-state index is 0.146. The van der Waals surface area contributed by atoms with E-state index in [2.05, 4.69) is 4.98 Å². The molecular formula is C8H9NO. The van der Waals surface area contributed by atoms with E-state index < -0.39 is 0 Å². The van der Waals surface area contributed by atoms with Crippen molar-refractivity contribution in [1.82, 2.24) is 4.98 Å². The molecule has 0 bridgehead atoms. The maximum atomic E-state index is 11.0. The number of hydrogen-bond acceptors (Lipinski definition) is 2. The predicted molar refractivity (Wildman–Crippen MR) is 38.9 cm³/mol. The van der Waals surface area contributed by atoms with Crippen molar-refractivity contribution in [2.45, 2.75) is 13.3 Å². The van der Waals surface area contributed by atoms with Crippen LogP contribution in [0.1, 0.15) is 23.7 Å². The molecule has 1 rings (SSSR count). The van der Waals surface area contributed by atoms with Gasteiger partial charge in [0, 0.05) is 24.4 Å². The SMILES string of the molecule is CC[11C](=O)c1cccnc1. The van der Waals surface area contributed by atoms with Crippen molar-refractivity contribution in [2.75, 3.05) is 0 Å². The average molecular weight is 134 g/mol. The number of pyridine rings is 1. The van der Waals surface area contributed by atoms with E-state index >= 15 is 0 Å². The summed E-state index contributed by atoms with van der Waals surface area (Å²) in [5, 5.41) is 0. The van der Waals surface area contributed by atoms with Crippen LogP contribution in [0.4, 0.5) is 0 Å². The lowest BCUT2D eigenvalue weighted by molar-refractivity contribution is 0.0988. The number of nitrogens with zero attached hydrogens (tertiary/aromatic N) is 1. The van der Waals surface area contributed by atoms with Gasteiger partial charge in [-0.3, -0.25) is 9.78 Å². The van der Waals surface area contributed by atoms with Gasteiger partial charge in [-0.05, 0) is 12.1 Å². The molecule has 0 spiro atoms. The molecule has 0 amide bonds. The molecule has 2 heteroatoms. The lowest BCUT2D eigenvalue weighted by Crippen LogP contribution is -1.95. The highest BCUT2D eigenvalue weighted by molar-refractivity contribution is 5.95. The summed E-state index contributed by atoms with van der Waals surface area (Å²) in [6, 6.07) is 3.54. The minimum atomic E-state index is 0.146. The highest BCUT2D eigenvalue weighted by Crippen LogP contribution is 1.98. The molecule has 0 fully saturated rings. The summed E-state index contributed by atoms with van der Waals surface area (Å²) in [4.78, 5) is 14.8. The summed E-state index contributed by atoms with van der Waals surface area (Å²) in [6.45, 7) is 1.84. The number of Topliss-reactive ketones (excluding diaryl/α,β-unsaturated/α-hetero) is 1. The van der Waals surface area contributed by atoms with E-state index in [1.165, 1.54) is 0 Å². The number of aromatic nitrogens is 1. The Morgan fingerprint density at radius 3 is 3.00 bits per heavy atom. The molecule has 52 valence electrons. The first-order valence-corrected chi connectivity index (χ1v) is 3.28. The normalized spacial score (nSPS) is 9.30.